The van der Waals surface area contributed by atoms with Gasteiger partial charge in [-0.05, 0) is 50.3 Å². The fourth-order valence-corrected chi connectivity index (χ4v) is 2.82. The van der Waals surface area contributed by atoms with Crippen LogP contribution in [-0.4, -0.2) is 19.8 Å². The van der Waals surface area contributed by atoms with Crippen LogP contribution in [0.3, 0.4) is 0 Å². The second-order valence-corrected chi connectivity index (χ2v) is 5.43. The molecule has 1 aliphatic rings. The van der Waals surface area contributed by atoms with Crippen molar-refractivity contribution < 1.29 is 4.74 Å². The van der Waals surface area contributed by atoms with Gasteiger partial charge in [0.05, 0.1) is 12.1 Å². The van der Waals surface area contributed by atoms with E-state index in [2.05, 4.69) is 44.3 Å². The molecule has 18 heavy (non-hydrogen) atoms. The minimum absolute atomic E-state index is 0.311. The van der Waals surface area contributed by atoms with Crippen molar-refractivity contribution in [2.24, 2.45) is 5.92 Å². The van der Waals surface area contributed by atoms with E-state index in [0.717, 1.165) is 12.5 Å². The first-order valence-electron chi connectivity index (χ1n) is 7.00. The van der Waals surface area contributed by atoms with Gasteiger partial charge in [-0.2, -0.15) is 0 Å². The van der Waals surface area contributed by atoms with Crippen LogP contribution in [0, 0.1) is 19.8 Å². The lowest BCUT2D eigenvalue weighted by Gasteiger charge is -2.28. The summed E-state index contributed by atoms with van der Waals surface area (Å²) in [6.45, 7) is 7.49. The molecular weight excluding hydrogens is 222 g/mol. The average Bonchev–Trinajstić information content (AvgIpc) is 3.14. The van der Waals surface area contributed by atoms with Gasteiger partial charge in [-0.3, -0.25) is 0 Å². The second-order valence-electron chi connectivity index (χ2n) is 5.43. The van der Waals surface area contributed by atoms with Crippen LogP contribution in [0.1, 0.15) is 42.5 Å². The predicted molar refractivity (Wildman–Crippen MR) is 75.9 cm³/mol. The Balaban J connectivity index is 2.27. The molecule has 1 aromatic rings. The maximum atomic E-state index is 5.77. The van der Waals surface area contributed by atoms with Crippen molar-refractivity contribution in [3.05, 3.63) is 34.9 Å². The van der Waals surface area contributed by atoms with Crippen LogP contribution >= 0.6 is 0 Å². The van der Waals surface area contributed by atoms with Gasteiger partial charge in [0.25, 0.3) is 0 Å². The number of ether oxygens (including phenoxy) is 1. The van der Waals surface area contributed by atoms with Gasteiger partial charge in [0.2, 0.25) is 0 Å². The van der Waals surface area contributed by atoms with Crippen LogP contribution in [0.4, 0.5) is 0 Å². The highest BCUT2D eigenvalue weighted by atomic mass is 16.5. The van der Waals surface area contributed by atoms with Crippen LogP contribution in [0.2, 0.25) is 0 Å². The number of rotatable bonds is 6. The summed E-state index contributed by atoms with van der Waals surface area (Å²) >= 11 is 0. The van der Waals surface area contributed by atoms with Gasteiger partial charge in [0.15, 0.2) is 0 Å². The average molecular weight is 247 g/mol. The zero-order valence-corrected chi connectivity index (χ0v) is 12.0. The molecule has 2 unspecified atom stereocenters. The summed E-state index contributed by atoms with van der Waals surface area (Å²) in [6.07, 6.45) is 2.93. The lowest BCUT2D eigenvalue weighted by molar-refractivity contribution is 0.0510. The maximum absolute atomic E-state index is 5.77. The third-order valence-corrected chi connectivity index (χ3v) is 3.87. The van der Waals surface area contributed by atoms with Crippen LogP contribution in [-0.2, 0) is 4.74 Å². The maximum Gasteiger partial charge on any atom is 0.0794 e. The van der Waals surface area contributed by atoms with Crippen molar-refractivity contribution in [3.8, 4) is 0 Å². The van der Waals surface area contributed by atoms with Crippen LogP contribution in [0.5, 0.6) is 0 Å². The van der Waals surface area contributed by atoms with E-state index >= 15 is 0 Å². The summed E-state index contributed by atoms with van der Waals surface area (Å²) < 4.78 is 5.77. The highest BCUT2D eigenvalue weighted by Gasteiger charge is 2.37. The lowest BCUT2D eigenvalue weighted by atomic mass is 9.93. The first-order chi connectivity index (χ1) is 8.67. The zero-order valence-electron chi connectivity index (χ0n) is 12.0. The molecule has 100 valence electrons. The number of benzene rings is 1. The molecule has 0 spiro atoms. The molecule has 0 saturated heterocycles. The first-order valence-corrected chi connectivity index (χ1v) is 7.00. The van der Waals surface area contributed by atoms with Crippen molar-refractivity contribution >= 4 is 0 Å². The Morgan fingerprint density at radius 2 is 2.06 bits per heavy atom. The molecule has 0 aromatic heterocycles. The summed E-state index contributed by atoms with van der Waals surface area (Å²) in [5, 5.41) is 3.61. The van der Waals surface area contributed by atoms with E-state index in [1.54, 1.807) is 0 Å². The van der Waals surface area contributed by atoms with E-state index in [-0.39, 0.29) is 0 Å². The van der Waals surface area contributed by atoms with Crippen molar-refractivity contribution in [1.29, 1.82) is 0 Å². The first kappa shape index (κ1) is 13.6. The Kier molecular flexibility index (Phi) is 4.41. The Hall–Kier alpha value is -0.860. The molecule has 2 rings (SSSR count). The number of hydrogen-bond acceptors (Lipinski definition) is 2. The minimum Gasteiger partial charge on any atom is -0.379 e. The summed E-state index contributed by atoms with van der Waals surface area (Å²) in [6, 6.07) is 7.05. The van der Waals surface area contributed by atoms with Crippen LogP contribution in [0.15, 0.2) is 18.2 Å². The van der Waals surface area contributed by atoms with Crippen molar-refractivity contribution in [1.82, 2.24) is 5.32 Å². The number of hydrogen-bond donors (Lipinski definition) is 1. The minimum atomic E-state index is 0.311. The summed E-state index contributed by atoms with van der Waals surface area (Å²) in [7, 11) is 1.84. The molecule has 0 heterocycles. The largest absolute Gasteiger partial charge is 0.379 e. The number of likely N-dealkylation sites (N-methyl/N-ethyl adjacent to an activating group) is 1. The molecule has 1 aromatic carbocycles. The fraction of sp³-hybridized carbons (Fsp3) is 0.625. The Bertz CT molecular complexity index is 398. The molecule has 1 fully saturated rings. The summed E-state index contributed by atoms with van der Waals surface area (Å²) in [4.78, 5) is 0. The molecule has 1 saturated carbocycles. The van der Waals surface area contributed by atoms with Crippen molar-refractivity contribution in [2.45, 2.75) is 45.8 Å². The van der Waals surface area contributed by atoms with Gasteiger partial charge >= 0.3 is 0 Å². The van der Waals surface area contributed by atoms with Crippen LogP contribution < -0.4 is 5.32 Å². The molecule has 0 radical (unpaired) electrons. The fourth-order valence-electron chi connectivity index (χ4n) is 2.82. The van der Waals surface area contributed by atoms with E-state index in [0.29, 0.717) is 12.1 Å². The number of aryl methyl sites for hydroxylation is 2. The number of methoxy groups -OCH3 is 1. The van der Waals surface area contributed by atoms with Gasteiger partial charge in [-0.1, -0.05) is 30.7 Å². The monoisotopic (exact) mass is 247 g/mol. The van der Waals surface area contributed by atoms with Gasteiger partial charge in [-0.15, -0.1) is 0 Å². The Labute approximate surface area is 111 Å². The SMILES string of the molecule is CCNC(c1ccc(C)cc1C)C(OC)C1CC1. The van der Waals surface area contributed by atoms with Crippen LogP contribution in [0.25, 0.3) is 0 Å². The van der Waals surface area contributed by atoms with Crippen molar-refractivity contribution in [2.75, 3.05) is 13.7 Å². The molecular formula is C16H25NO. The third kappa shape index (κ3) is 2.93. The third-order valence-electron chi connectivity index (χ3n) is 3.87. The Morgan fingerprint density at radius 1 is 1.33 bits per heavy atom. The molecule has 2 nitrogen and oxygen atoms in total. The van der Waals surface area contributed by atoms with E-state index in [9.17, 15) is 0 Å². The molecule has 1 N–H and O–H groups in total. The topological polar surface area (TPSA) is 21.3 Å². The predicted octanol–water partition coefficient (Wildman–Crippen LogP) is 3.38. The standard InChI is InChI=1S/C16H25NO/c1-5-17-15(16(18-4)13-7-8-13)14-9-6-11(2)10-12(14)3/h6,9-10,13,15-17H,5,7-8H2,1-4H3. The molecule has 1 aliphatic carbocycles. The molecule has 0 aliphatic heterocycles. The zero-order chi connectivity index (χ0) is 13.1. The normalized spacial score (nSPS) is 18.7. The highest BCUT2D eigenvalue weighted by molar-refractivity contribution is 5.33. The van der Waals surface area contributed by atoms with Crippen molar-refractivity contribution in [3.63, 3.8) is 0 Å². The van der Waals surface area contributed by atoms with E-state index < -0.39 is 0 Å². The van der Waals surface area contributed by atoms with Gasteiger partial charge in [-0.25, -0.2) is 0 Å². The molecule has 0 bridgehead atoms. The van der Waals surface area contributed by atoms with E-state index in [1.165, 1.54) is 29.5 Å². The van der Waals surface area contributed by atoms with Gasteiger partial charge < -0.3 is 10.1 Å². The number of nitrogens with one attached hydrogen (secondary N) is 1. The molecule has 2 heteroatoms. The second kappa shape index (κ2) is 5.85. The lowest BCUT2D eigenvalue weighted by Crippen LogP contribution is -2.35. The van der Waals surface area contributed by atoms with E-state index in [4.69, 9.17) is 4.74 Å². The quantitative estimate of drug-likeness (QED) is 0.832. The smallest absolute Gasteiger partial charge is 0.0794 e. The highest BCUT2D eigenvalue weighted by Crippen LogP contribution is 2.40. The van der Waals surface area contributed by atoms with Gasteiger partial charge in [0.1, 0.15) is 0 Å². The Morgan fingerprint density at radius 3 is 2.56 bits per heavy atom. The van der Waals surface area contributed by atoms with Gasteiger partial charge in [0, 0.05) is 7.11 Å². The van der Waals surface area contributed by atoms with E-state index in [1.807, 2.05) is 7.11 Å². The molecule has 2 atom stereocenters. The molecule has 0 amide bonds. The summed E-state index contributed by atoms with van der Waals surface area (Å²) in [5.74, 6) is 0.736. The summed E-state index contributed by atoms with van der Waals surface area (Å²) in [5.41, 5.74) is 4.08.